The molecule has 27 heavy (non-hydrogen) atoms. The zero-order valence-corrected chi connectivity index (χ0v) is 16.4. The molecule has 0 saturated carbocycles. The second-order valence-electron chi connectivity index (χ2n) is 5.55. The molecule has 4 rings (SSSR count). The summed E-state index contributed by atoms with van der Waals surface area (Å²) in [5.74, 6) is 0.686. The topological polar surface area (TPSA) is 77.3 Å². The fourth-order valence-corrected chi connectivity index (χ4v) is 3.87. The number of thiocarbonyl (C=S) groups is 1. The minimum Gasteiger partial charge on any atom is -0.477 e. The lowest BCUT2D eigenvalue weighted by Gasteiger charge is -2.07. The normalized spacial score (nSPS) is 15.6. The van der Waals surface area contributed by atoms with E-state index in [1.165, 1.54) is 11.8 Å². The monoisotopic (exact) mass is 417 g/mol. The van der Waals surface area contributed by atoms with Crippen LogP contribution in [0.3, 0.4) is 0 Å². The van der Waals surface area contributed by atoms with Gasteiger partial charge in [0.25, 0.3) is 5.91 Å². The van der Waals surface area contributed by atoms with Gasteiger partial charge in [0.05, 0.1) is 11.5 Å². The van der Waals surface area contributed by atoms with Crippen molar-refractivity contribution in [3.8, 4) is 17.0 Å². The molecule has 1 fully saturated rings. The third-order valence-electron chi connectivity index (χ3n) is 3.76. The molecule has 1 saturated heterocycles. The van der Waals surface area contributed by atoms with E-state index in [2.05, 4.69) is 15.3 Å². The van der Waals surface area contributed by atoms with Crippen molar-refractivity contribution in [2.75, 3.05) is 6.61 Å². The second kappa shape index (κ2) is 7.30. The maximum absolute atomic E-state index is 11.8. The van der Waals surface area contributed by atoms with Gasteiger partial charge in [-0.1, -0.05) is 35.6 Å². The number of ether oxygens (including phenoxy) is 1. The number of pyridine rings is 2. The zero-order valence-electron chi connectivity index (χ0n) is 14.0. The first-order valence-electron chi connectivity index (χ1n) is 7.96. The number of fused-ring (bicyclic) bond motifs is 1. The van der Waals surface area contributed by atoms with Crippen LogP contribution >= 0.6 is 35.6 Å². The first kappa shape index (κ1) is 18.0. The quantitative estimate of drug-likeness (QED) is 0.497. The standard InChI is InChI=1S/C18H12ClN3O3S2/c1-2-24-17-13(19)4-9(7-21-17)12-8-20-6-10-3-11(25-15(10)12)5-14-16(23)22-18(26)27-14/h3-8H,2H2,1H3,(H,22,23,26)/b14-5-. The van der Waals surface area contributed by atoms with Crippen LogP contribution in [-0.2, 0) is 4.79 Å². The van der Waals surface area contributed by atoms with Crippen molar-refractivity contribution in [1.29, 1.82) is 0 Å². The molecule has 1 amide bonds. The van der Waals surface area contributed by atoms with Crippen molar-refractivity contribution in [1.82, 2.24) is 15.3 Å². The predicted octanol–water partition coefficient (Wildman–Crippen LogP) is 4.43. The van der Waals surface area contributed by atoms with Gasteiger partial charge >= 0.3 is 0 Å². The molecule has 0 atom stereocenters. The van der Waals surface area contributed by atoms with Crippen LogP contribution in [0.4, 0.5) is 0 Å². The third-order valence-corrected chi connectivity index (χ3v) is 5.19. The first-order chi connectivity index (χ1) is 13.0. The van der Waals surface area contributed by atoms with E-state index in [0.717, 1.165) is 16.5 Å². The molecule has 0 bridgehead atoms. The van der Waals surface area contributed by atoms with E-state index in [0.29, 0.717) is 38.1 Å². The summed E-state index contributed by atoms with van der Waals surface area (Å²) < 4.78 is 11.8. The highest BCUT2D eigenvalue weighted by atomic mass is 35.5. The van der Waals surface area contributed by atoms with Gasteiger partial charge < -0.3 is 14.5 Å². The summed E-state index contributed by atoms with van der Waals surface area (Å²) in [5.41, 5.74) is 2.13. The van der Waals surface area contributed by atoms with Gasteiger partial charge in [-0.05, 0) is 19.1 Å². The van der Waals surface area contributed by atoms with Gasteiger partial charge in [0.1, 0.15) is 20.7 Å². The van der Waals surface area contributed by atoms with Gasteiger partial charge in [0, 0.05) is 41.2 Å². The van der Waals surface area contributed by atoms with Gasteiger partial charge in [-0.15, -0.1) is 0 Å². The van der Waals surface area contributed by atoms with Crippen molar-refractivity contribution < 1.29 is 13.9 Å². The maximum Gasteiger partial charge on any atom is 0.263 e. The highest BCUT2D eigenvalue weighted by molar-refractivity contribution is 8.26. The van der Waals surface area contributed by atoms with Gasteiger partial charge in [0.2, 0.25) is 5.88 Å². The van der Waals surface area contributed by atoms with Crippen molar-refractivity contribution in [3.05, 3.63) is 46.4 Å². The number of hydrogen-bond acceptors (Lipinski definition) is 7. The molecule has 1 aliphatic heterocycles. The molecule has 0 aliphatic carbocycles. The molecule has 0 aromatic carbocycles. The van der Waals surface area contributed by atoms with Crippen LogP contribution in [0, 0.1) is 0 Å². The van der Waals surface area contributed by atoms with Gasteiger partial charge in [-0.25, -0.2) is 4.98 Å². The average Bonchev–Trinajstić information content (AvgIpc) is 3.19. The molecule has 3 aromatic heterocycles. The minimum absolute atomic E-state index is 0.230. The number of thioether (sulfide) groups is 1. The number of nitrogens with zero attached hydrogens (tertiary/aromatic N) is 2. The fraction of sp³-hybridized carbons (Fsp3) is 0.111. The van der Waals surface area contributed by atoms with Crippen LogP contribution in [0.1, 0.15) is 12.7 Å². The highest BCUT2D eigenvalue weighted by Gasteiger charge is 2.23. The molecule has 9 heteroatoms. The van der Waals surface area contributed by atoms with Crippen LogP contribution in [0.5, 0.6) is 5.88 Å². The number of halogens is 1. The summed E-state index contributed by atoms with van der Waals surface area (Å²) in [6, 6.07) is 3.58. The molecule has 6 nitrogen and oxygen atoms in total. The Morgan fingerprint density at radius 2 is 2.22 bits per heavy atom. The lowest BCUT2D eigenvalue weighted by atomic mass is 10.1. The number of amides is 1. The van der Waals surface area contributed by atoms with Crippen LogP contribution < -0.4 is 10.1 Å². The van der Waals surface area contributed by atoms with Crippen LogP contribution in [-0.4, -0.2) is 26.8 Å². The molecule has 0 spiro atoms. The molecule has 4 heterocycles. The summed E-state index contributed by atoms with van der Waals surface area (Å²) in [5, 5.41) is 3.79. The Labute approximate surface area is 169 Å². The molecular formula is C18H12ClN3O3S2. The van der Waals surface area contributed by atoms with E-state index < -0.39 is 0 Å². The summed E-state index contributed by atoms with van der Waals surface area (Å²) in [7, 11) is 0. The zero-order chi connectivity index (χ0) is 19.0. The number of nitrogens with one attached hydrogen (secondary N) is 1. The molecule has 1 aliphatic rings. The highest BCUT2D eigenvalue weighted by Crippen LogP contribution is 2.34. The van der Waals surface area contributed by atoms with Crippen molar-refractivity contribution in [2.45, 2.75) is 6.92 Å². The lowest BCUT2D eigenvalue weighted by molar-refractivity contribution is -0.115. The number of hydrogen-bond donors (Lipinski definition) is 1. The molecule has 3 aromatic rings. The Kier molecular flexibility index (Phi) is 4.86. The molecular weight excluding hydrogens is 406 g/mol. The van der Waals surface area contributed by atoms with Crippen LogP contribution in [0.25, 0.3) is 28.2 Å². The molecule has 0 radical (unpaired) electrons. The van der Waals surface area contributed by atoms with Crippen molar-refractivity contribution in [2.24, 2.45) is 0 Å². The Balaban J connectivity index is 1.76. The second-order valence-corrected chi connectivity index (χ2v) is 7.68. The lowest BCUT2D eigenvalue weighted by Crippen LogP contribution is -2.17. The fourth-order valence-electron chi connectivity index (χ4n) is 2.62. The smallest absolute Gasteiger partial charge is 0.263 e. The number of carbonyl (C=O) groups is 1. The van der Waals surface area contributed by atoms with Gasteiger partial charge in [-0.3, -0.25) is 9.78 Å². The van der Waals surface area contributed by atoms with Crippen LogP contribution in [0.2, 0.25) is 5.02 Å². The summed E-state index contributed by atoms with van der Waals surface area (Å²) in [6.07, 6.45) is 6.70. The number of aromatic nitrogens is 2. The van der Waals surface area contributed by atoms with E-state index in [-0.39, 0.29) is 5.91 Å². The number of carbonyl (C=O) groups excluding carboxylic acids is 1. The van der Waals surface area contributed by atoms with Gasteiger partial charge in [0.15, 0.2) is 0 Å². The van der Waals surface area contributed by atoms with E-state index in [4.69, 9.17) is 33.0 Å². The van der Waals surface area contributed by atoms with E-state index in [1.54, 1.807) is 30.7 Å². The van der Waals surface area contributed by atoms with E-state index in [1.807, 2.05) is 13.0 Å². The summed E-state index contributed by atoms with van der Waals surface area (Å²) in [4.78, 5) is 20.8. The number of furan rings is 1. The average molecular weight is 418 g/mol. The Hall–Kier alpha value is -2.42. The number of rotatable bonds is 4. The van der Waals surface area contributed by atoms with Crippen molar-refractivity contribution >= 4 is 62.9 Å². The first-order valence-corrected chi connectivity index (χ1v) is 9.56. The Morgan fingerprint density at radius 1 is 1.37 bits per heavy atom. The SMILES string of the molecule is CCOc1ncc(-c2cncc3cc(/C=C4\SC(=S)NC4=O)oc23)cc1Cl. The van der Waals surface area contributed by atoms with E-state index >= 15 is 0 Å². The Bertz CT molecular complexity index is 1110. The summed E-state index contributed by atoms with van der Waals surface area (Å²) >= 11 is 12.5. The van der Waals surface area contributed by atoms with Crippen LogP contribution in [0.15, 0.2) is 40.0 Å². The largest absolute Gasteiger partial charge is 0.477 e. The third kappa shape index (κ3) is 3.55. The minimum atomic E-state index is -0.230. The molecule has 0 unspecified atom stereocenters. The van der Waals surface area contributed by atoms with Gasteiger partial charge in [-0.2, -0.15) is 0 Å². The maximum atomic E-state index is 11.8. The Morgan fingerprint density at radius 3 is 2.93 bits per heavy atom. The predicted molar refractivity (Wildman–Crippen MR) is 110 cm³/mol. The molecule has 1 N–H and O–H groups in total. The summed E-state index contributed by atoms with van der Waals surface area (Å²) in [6.45, 7) is 2.35. The molecule has 136 valence electrons. The van der Waals surface area contributed by atoms with E-state index in [9.17, 15) is 4.79 Å². The van der Waals surface area contributed by atoms with Crippen molar-refractivity contribution in [3.63, 3.8) is 0 Å².